The second-order valence-electron chi connectivity index (χ2n) is 3.60. The zero-order valence-corrected chi connectivity index (χ0v) is 10.1. The predicted molar refractivity (Wildman–Crippen MR) is 68.8 cm³/mol. The van der Waals surface area contributed by atoms with Gasteiger partial charge >= 0.3 is 0 Å². The molecule has 3 rings (SSSR count). The summed E-state index contributed by atoms with van der Waals surface area (Å²) in [7, 11) is 0. The van der Waals surface area contributed by atoms with E-state index in [4.69, 9.17) is 0 Å². The van der Waals surface area contributed by atoms with Gasteiger partial charge in [-0.1, -0.05) is 40.2 Å². The molecule has 0 aliphatic carbocycles. The first-order valence-electron chi connectivity index (χ1n) is 5.03. The third kappa shape index (κ3) is 1.53. The minimum atomic E-state index is 1.06. The van der Waals surface area contributed by atoms with Crippen molar-refractivity contribution in [3.8, 4) is 5.69 Å². The topological polar surface area (TPSA) is 17.8 Å². The Balaban J connectivity index is 2.26. The van der Waals surface area contributed by atoms with Gasteiger partial charge in [0.15, 0.2) is 0 Å². The molecule has 0 N–H and O–H groups in total. The zero-order chi connectivity index (χ0) is 11.0. The van der Waals surface area contributed by atoms with Gasteiger partial charge in [-0.05, 0) is 24.3 Å². The highest BCUT2D eigenvalue weighted by molar-refractivity contribution is 9.10. The van der Waals surface area contributed by atoms with E-state index in [1.165, 1.54) is 0 Å². The maximum absolute atomic E-state index is 4.40. The summed E-state index contributed by atoms with van der Waals surface area (Å²) in [6.45, 7) is 0. The number of nitrogens with zero attached hydrogens (tertiary/aromatic N) is 2. The van der Waals surface area contributed by atoms with Gasteiger partial charge in [-0.25, -0.2) is 4.68 Å². The van der Waals surface area contributed by atoms with Crippen LogP contribution in [0.4, 0.5) is 0 Å². The number of halogens is 1. The van der Waals surface area contributed by atoms with Gasteiger partial charge in [0.2, 0.25) is 0 Å². The molecule has 0 atom stereocenters. The van der Waals surface area contributed by atoms with Gasteiger partial charge in [0.25, 0.3) is 0 Å². The number of para-hydroxylation sites is 1. The number of hydrogen-bond acceptors (Lipinski definition) is 1. The Morgan fingerprint density at radius 1 is 1.00 bits per heavy atom. The van der Waals surface area contributed by atoms with Gasteiger partial charge in [0, 0.05) is 9.86 Å². The maximum Gasteiger partial charge on any atom is 0.0741 e. The lowest BCUT2D eigenvalue weighted by Crippen LogP contribution is -1.95. The fraction of sp³-hybridized carbons (Fsp3) is 0. The van der Waals surface area contributed by atoms with Crippen LogP contribution in [0.1, 0.15) is 0 Å². The number of benzene rings is 2. The van der Waals surface area contributed by atoms with Crippen LogP contribution < -0.4 is 0 Å². The van der Waals surface area contributed by atoms with Gasteiger partial charge in [0.05, 0.1) is 17.4 Å². The fourth-order valence-corrected chi connectivity index (χ4v) is 2.17. The van der Waals surface area contributed by atoms with Crippen molar-refractivity contribution < 1.29 is 0 Å². The van der Waals surface area contributed by atoms with Crippen molar-refractivity contribution in [1.29, 1.82) is 0 Å². The highest BCUT2D eigenvalue weighted by Gasteiger charge is 2.03. The first-order valence-corrected chi connectivity index (χ1v) is 5.82. The second kappa shape index (κ2) is 3.76. The summed E-state index contributed by atoms with van der Waals surface area (Å²) in [5.74, 6) is 0. The lowest BCUT2D eigenvalue weighted by atomic mass is 10.2. The average Bonchev–Trinajstić information content (AvgIpc) is 2.72. The van der Waals surface area contributed by atoms with Crippen LogP contribution in [-0.4, -0.2) is 9.78 Å². The van der Waals surface area contributed by atoms with E-state index in [-0.39, 0.29) is 0 Å². The first kappa shape index (κ1) is 9.60. The molecule has 0 bridgehead atoms. The Kier molecular flexibility index (Phi) is 2.26. The van der Waals surface area contributed by atoms with Gasteiger partial charge in [-0.15, -0.1) is 0 Å². The maximum atomic E-state index is 4.40. The molecule has 78 valence electrons. The largest absolute Gasteiger partial charge is 0.233 e. The molecular formula is C13H9BrN2. The molecule has 0 fully saturated rings. The van der Waals surface area contributed by atoms with Crippen LogP contribution in [0.25, 0.3) is 16.6 Å². The fourth-order valence-electron chi connectivity index (χ4n) is 1.79. The van der Waals surface area contributed by atoms with Gasteiger partial charge in [-0.2, -0.15) is 5.10 Å². The van der Waals surface area contributed by atoms with E-state index < -0.39 is 0 Å². The van der Waals surface area contributed by atoms with E-state index in [2.05, 4.69) is 39.2 Å². The van der Waals surface area contributed by atoms with Crippen molar-refractivity contribution >= 4 is 26.8 Å². The molecule has 1 heterocycles. The molecule has 2 nitrogen and oxygen atoms in total. The number of hydrogen-bond donors (Lipinski definition) is 0. The van der Waals surface area contributed by atoms with Gasteiger partial charge in [0.1, 0.15) is 0 Å². The SMILES string of the molecule is Brc1cccc(-n2ncc3ccccc32)c1. The average molecular weight is 273 g/mol. The lowest BCUT2D eigenvalue weighted by molar-refractivity contribution is 0.910. The molecule has 0 saturated carbocycles. The molecule has 3 aromatic rings. The van der Waals surface area contributed by atoms with Crippen molar-refractivity contribution in [3.05, 3.63) is 59.2 Å². The summed E-state index contributed by atoms with van der Waals surface area (Å²) in [5.41, 5.74) is 2.19. The van der Waals surface area contributed by atoms with Crippen LogP contribution in [0.3, 0.4) is 0 Å². The predicted octanol–water partition coefficient (Wildman–Crippen LogP) is 3.79. The lowest BCUT2D eigenvalue weighted by Gasteiger charge is -2.03. The standard InChI is InChI=1S/C13H9BrN2/c14-11-5-3-6-12(8-11)16-13-7-2-1-4-10(13)9-15-16/h1-9H. The monoisotopic (exact) mass is 272 g/mol. The highest BCUT2D eigenvalue weighted by atomic mass is 79.9. The van der Waals surface area contributed by atoms with E-state index in [1.807, 2.05) is 41.2 Å². The molecule has 0 unspecified atom stereocenters. The normalized spacial score (nSPS) is 10.8. The van der Waals surface area contributed by atoms with Crippen LogP contribution in [0, 0.1) is 0 Å². The molecule has 3 heteroatoms. The van der Waals surface area contributed by atoms with Crippen molar-refractivity contribution in [2.75, 3.05) is 0 Å². The Morgan fingerprint density at radius 2 is 1.88 bits per heavy atom. The van der Waals surface area contributed by atoms with Crippen molar-refractivity contribution in [1.82, 2.24) is 9.78 Å². The molecule has 0 amide bonds. The quantitative estimate of drug-likeness (QED) is 0.659. The molecule has 0 radical (unpaired) electrons. The summed E-state index contributed by atoms with van der Waals surface area (Å²) in [4.78, 5) is 0. The summed E-state index contributed by atoms with van der Waals surface area (Å²) in [6, 6.07) is 16.3. The summed E-state index contributed by atoms with van der Waals surface area (Å²) in [5, 5.41) is 5.56. The van der Waals surface area contributed by atoms with E-state index in [1.54, 1.807) is 0 Å². The molecule has 1 aromatic heterocycles. The number of rotatable bonds is 1. The summed E-state index contributed by atoms with van der Waals surface area (Å²) in [6.07, 6.45) is 1.89. The minimum Gasteiger partial charge on any atom is -0.233 e. The second-order valence-corrected chi connectivity index (χ2v) is 4.51. The molecule has 0 aliphatic heterocycles. The van der Waals surface area contributed by atoms with E-state index in [0.717, 1.165) is 21.1 Å². The van der Waals surface area contributed by atoms with Crippen LogP contribution in [0.2, 0.25) is 0 Å². The van der Waals surface area contributed by atoms with Gasteiger partial charge < -0.3 is 0 Å². The molecule has 0 saturated heterocycles. The van der Waals surface area contributed by atoms with Gasteiger partial charge in [-0.3, -0.25) is 0 Å². The van der Waals surface area contributed by atoms with E-state index in [0.29, 0.717) is 0 Å². The highest BCUT2D eigenvalue weighted by Crippen LogP contribution is 2.20. The van der Waals surface area contributed by atoms with E-state index in [9.17, 15) is 0 Å². The van der Waals surface area contributed by atoms with Crippen LogP contribution in [0.15, 0.2) is 59.2 Å². The molecule has 0 spiro atoms. The first-order chi connectivity index (χ1) is 7.84. The van der Waals surface area contributed by atoms with Crippen molar-refractivity contribution in [2.45, 2.75) is 0 Å². The minimum absolute atomic E-state index is 1.06. The van der Waals surface area contributed by atoms with Crippen molar-refractivity contribution in [3.63, 3.8) is 0 Å². The summed E-state index contributed by atoms with van der Waals surface area (Å²) < 4.78 is 3.00. The zero-order valence-electron chi connectivity index (χ0n) is 8.47. The summed E-state index contributed by atoms with van der Waals surface area (Å²) >= 11 is 3.47. The Hall–Kier alpha value is -1.61. The molecule has 0 aliphatic rings. The third-order valence-corrected chi connectivity index (χ3v) is 3.02. The van der Waals surface area contributed by atoms with E-state index >= 15 is 0 Å². The molecular weight excluding hydrogens is 264 g/mol. The number of fused-ring (bicyclic) bond motifs is 1. The Bertz CT molecular complexity index is 643. The molecule has 16 heavy (non-hydrogen) atoms. The van der Waals surface area contributed by atoms with Crippen molar-refractivity contribution in [2.24, 2.45) is 0 Å². The third-order valence-electron chi connectivity index (χ3n) is 2.53. The molecule has 2 aromatic carbocycles. The van der Waals surface area contributed by atoms with Crippen LogP contribution in [-0.2, 0) is 0 Å². The smallest absolute Gasteiger partial charge is 0.0741 e. The number of aromatic nitrogens is 2. The Morgan fingerprint density at radius 3 is 2.75 bits per heavy atom. The van der Waals surface area contributed by atoms with Crippen LogP contribution in [0.5, 0.6) is 0 Å². The Labute approximate surface area is 102 Å². The van der Waals surface area contributed by atoms with Crippen LogP contribution >= 0.6 is 15.9 Å².